The van der Waals surface area contributed by atoms with Crippen LogP contribution in [0.5, 0.6) is 17.2 Å². The largest absolute Gasteiger partial charge is 0.497 e. The maximum atomic E-state index is 10.5. The zero-order valence-corrected chi connectivity index (χ0v) is 18.2. The molecule has 2 aromatic carbocycles. The fourth-order valence-corrected chi connectivity index (χ4v) is 3.01. The Morgan fingerprint density at radius 1 is 0.969 bits per heavy atom. The minimum Gasteiger partial charge on any atom is -0.497 e. The van der Waals surface area contributed by atoms with Crippen LogP contribution < -0.4 is 14.2 Å². The lowest BCUT2D eigenvalue weighted by atomic mass is 10.1. The molecule has 8 nitrogen and oxygen atoms in total. The Kier molecular flexibility index (Phi) is 8.25. The number of carbonyl (C=O) groups is 1. The van der Waals surface area contributed by atoms with Gasteiger partial charge in [0.05, 0.1) is 20.4 Å². The summed E-state index contributed by atoms with van der Waals surface area (Å²) in [6, 6.07) is 13.5. The molecule has 0 aliphatic heterocycles. The van der Waals surface area contributed by atoms with Crippen LogP contribution in [0.1, 0.15) is 36.1 Å². The molecule has 3 aromatic rings. The molecule has 0 unspecified atom stereocenters. The Balaban J connectivity index is 1.50. The monoisotopic (exact) mass is 437 g/mol. The molecule has 0 spiro atoms. The van der Waals surface area contributed by atoms with Gasteiger partial charge in [0.1, 0.15) is 29.5 Å². The van der Waals surface area contributed by atoms with Crippen LogP contribution in [-0.4, -0.2) is 40.3 Å². The summed E-state index contributed by atoms with van der Waals surface area (Å²) in [5, 5.41) is 16.8. The third kappa shape index (κ3) is 7.16. The number of carboxylic acid groups (broad SMARTS) is 1. The first-order valence-electron chi connectivity index (χ1n) is 10.3. The minimum atomic E-state index is -0.778. The number of rotatable bonds is 12. The predicted molar refractivity (Wildman–Crippen MR) is 121 cm³/mol. The van der Waals surface area contributed by atoms with Crippen LogP contribution in [0.4, 0.5) is 0 Å². The summed E-state index contributed by atoms with van der Waals surface area (Å²) in [6.07, 6.45) is 7.36. The van der Waals surface area contributed by atoms with E-state index >= 15 is 0 Å². The number of benzene rings is 2. The maximum absolute atomic E-state index is 10.5. The number of methoxy groups -OCH3 is 2. The van der Waals surface area contributed by atoms with E-state index in [0.29, 0.717) is 19.6 Å². The van der Waals surface area contributed by atoms with E-state index in [9.17, 15) is 4.79 Å². The lowest BCUT2D eigenvalue weighted by Gasteiger charge is -2.06. The van der Waals surface area contributed by atoms with E-state index in [4.69, 9.17) is 19.3 Å². The van der Waals surface area contributed by atoms with Crippen LogP contribution in [0.3, 0.4) is 0 Å². The van der Waals surface area contributed by atoms with Crippen LogP contribution >= 0.6 is 0 Å². The van der Waals surface area contributed by atoms with Gasteiger partial charge in [0.15, 0.2) is 0 Å². The lowest BCUT2D eigenvalue weighted by Crippen LogP contribution is -2.01. The fraction of sp³-hybridized carbons (Fsp3) is 0.292. The van der Waals surface area contributed by atoms with Gasteiger partial charge in [-0.2, -0.15) is 0 Å². The summed E-state index contributed by atoms with van der Waals surface area (Å²) in [7, 11) is 3.26. The topological polar surface area (TPSA) is 95.7 Å². The molecule has 0 amide bonds. The van der Waals surface area contributed by atoms with Gasteiger partial charge in [-0.1, -0.05) is 29.5 Å². The first-order valence-corrected chi connectivity index (χ1v) is 10.3. The number of aryl methyl sites for hydroxylation is 1. The number of hydrogen-bond acceptors (Lipinski definition) is 6. The van der Waals surface area contributed by atoms with Crippen molar-refractivity contribution in [1.82, 2.24) is 15.0 Å². The molecule has 0 bridgehead atoms. The quantitative estimate of drug-likeness (QED) is 0.333. The lowest BCUT2D eigenvalue weighted by molar-refractivity contribution is -0.137. The summed E-state index contributed by atoms with van der Waals surface area (Å²) in [6.45, 7) is 0.953. The number of ether oxygens (including phenoxy) is 3. The van der Waals surface area contributed by atoms with Crippen LogP contribution in [0, 0.1) is 0 Å². The molecule has 0 aliphatic rings. The maximum Gasteiger partial charge on any atom is 0.303 e. The smallest absolute Gasteiger partial charge is 0.303 e. The minimum absolute atomic E-state index is 0.170. The second-order valence-corrected chi connectivity index (χ2v) is 7.16. The number of aliphatic carboxylic acids is 1. The van der Waals surface area contributed by atoms with Gasteiger partial charge in [-0.05, 0) is 48.2 Å². The molecule has 0 atom stereocenters. The van der Waals surface area contributed by atoms with Crippen molar-refractivity contribution in [3.63, 3.8) is 0 Å². The van der Waals surface area contributed by atoms with Crippen LogP contribution in [0.2, 0.25) is 0 Å². The standard InChI is InChI=1S/C24H27N3O5/c1-30-22-13-19(14-23(15-22)31-2)7-6-18-8-10-21(11-9-18)32-17-20-16-27(26-25-20)12-4-3-5-24(28)29/h6-11,13-16H,3-5,12,17H2,1-2H3,(H,28,29)/b7-6+. The van der Waals surface area contributed by atoms with Gasteiger partial charge >= 0.3 is 5.97 Å². The molecule has 0 fully saturated rings. The SMILES string of the molecule is COc1cc(/C=C/c2ccc(OCc3cn(CCCCC(=O)O)nn3)cc2)cc(OC)c1. The highest BCUT2D eigenvalue weighted by Gasteiger charge is 2.04. The van der Waals surface area contributed by atoms with Crippen molar-refractivity contribution < 1.29 is 24.1 Å². The molecular formula is C24H27N3O5. The third-order valence-corrected chi connectivity index (χ3v) is 4.72. The molecule has 168 valence electrons. The van der Waals surface area contributed by atoms with Gasteiger partial charge in [-0.15, -0.1) is 5.10 Å². The number of nitrogens with zero attached hydrogens (tertiary/aromatic N) is 3. The van der Waals surface area contributed by atoms with E-state index in [0.717, 1.165) is 40.5 Å². The summed E-state index contributed by atoms with van der Waals surface area (Å²) < 4.78 is 18.1. The third-order valence-electron chi connectivity index (χ3n) is 4.72. The van der Waals surface area contributed by atoms with Gasteiger partial charge in [0, 0.05) is 19.0 Å². The molecule has 1 aromatic heterocycles. The number of unbranched alkanes of at least 4 members (excludes halogenated alkanes) is 1. The van der Waals surface area contributed by atoms with E-state index in [-0.39, 0.29) is 6.42 Å². The van der Waals surface area contributed by atoms with Crippen molar-refractivity contribution >= 4 is 18.1 Å². The van der Waals surface area contributed by atoms with Crippen LogP contribution in [0.25, 0.3) is 12.2 Å². The Bertz CT molecular complexity index is 1020. The number of hydrogen-bond donors (Lipinski definition) is 1. The molecule has 1 N–H and O–H groups in total. The molecular weight excluding hydrogens is 410 g/mol. The van der Waals surface area contributed by atoms with Gasteiger partial charge in [-0.3, -0.25) is 9.48 Å². The molecule has 3 rings (SSSR count). The predicted octanol–water partition coefficient (Wildman–Crippen LogP) is 4.30. The molecule has 0 radical (unpaired) electrons. The average molecular weight is 437 g/mol. The van der Waals surface area contributed by atoms with Crippen molar-refractivity contribution in [3.05, 3.63) is 65.5 Å². The Labute approximate surface area is 187 Å². The zero-order valence-electron chi connectivity index (χ0n) is 18.2. The molecule has 0 saturated carbocycles. The summed E-state index contributed by atoms with van der Waals surface area (Å²) in [5.74, 6) is 1.44. The van der Waals surface area contributed by atoms with Crippen LogP contribution in [0.15, 0.2) is 48.7 Å². The molecule has 0 aliphatic carbocycles. The Morgan fingerprint density at radius 3 is 2.31 bits per heavy atom. The van der Waals surface area contributed by atoms with E-state index in [1.807, 2.05) is 60.8 Å². The van der Waals surface area contributed by atoms with Gasteiger partial charge < -0.3 is 19.3 Å². The second kappa shape index (κ2) is 11.5. The summed E-state index contributed by atoms with van der Waals surface area (Å²) in [5.41, 5.74) is 2.73. The first kappa shape index (κ1) is 22.9. The molecule has 8 heteroatoms. The number of aromatic nitrogens is 3. The van der Waals surface area contributed by atoms with E-state index < -0.39 is 5.97 Å². The highest BCUT2D eigenvalue weighted by atomic mass is 16.5. The van der Waals surface area contributed by atoms with Crippen molar-refractivity contribution in [1.29, 1.82) is 0 Å². The highest BCUT2D eigenvalue weighted by molar-refractivity contribution is 5.71. The molecule has 0 saturated heterocycles. The van der Waals surface area contributed by atoms with Crippen molar-refractivity contribution in [2.24, 2.45) is 0 Å². The van der Waals surface area contributed by atoms with E-state index in [1.165, 1.54) is 0 Å². The van der Waals surface area contributed by atoms with Crippen molar-refractivity contribution in [2.75, 3.05) is 14.2 Å². The van der Waals surface area contributed by atoms with Crippen LogP contribution in [-0.2, 0) is 17.9 Å². The van der Waals surface area contributed by atoms with Crippen molar-refractivity contribution in [3.8, 4) is 17.2 Å². The van der Waals surface area contributed by atoms with Gasteiger partial charge in [0.2, 0.25) is 0 Å². The highest BCUT2D eigenvalue weighted by Crippen LogP contribution is 2.24. The Hall–Kier alpha value is -3.81. The number of carboxylic acids is 1. The van der Waals surface area contributed by atoms with Gasteiger partial charge in [-0.25, -0.2) is 0 Å². The van der Waals surface area contributed by atoms with E-state index in [2.05, 4.69) is 10.3 Å². The van der Waals surface area contributed by atoms with Crippen molar-refractivity contribution in [2.45, 2.75) is 32.4 Å². The summed E-state index contributed by atoms with van der Waals surface area (Å²) >= 11 is 0. The second-order valence-electron chi connectivity index (χ2n) is 7.16. The average Bonchev–Trinajstić information content (AvgIpc) is 3.27. The zero-order chi connectivity index (χ0) is 22.8. The van der Waals surface area contributed by atoms with Gasteiger partial charge in [0.25, 0.3) is 0 Å². The Morgan fingerprint density at radius 2 is 1.66 bits per heavy atom. The first-order chi connectivity index (χ1) is 15.6. The molecule has 32 heavy (non-hydrogen) atoms. The summed E-state index contributed by atoms with van der Waals surface area (Å²) in [4.78, 5) is 10.5. The normalized spacial score (nSPS) is 10.9. The fourth-order valence-electron chi connectivity index (χ4n) is 3.01. The molecule has 1 heterocycles. The van der Waals surface area contributed by atoms with E-state index in [1.54, 1.807) is 18.9 Å².